The molecule has 0 saturated carbocycles. The van der Waals surface area contributed by atoms with Gasteiger partial charge in [-0.1, -0.05) is 6.07 Å². The van der Waals surface area contributed by atoms with Crippen LogP contribution in [0.1, 0.15) is 6.92 Å². The van der Waals surface area contributed by atoms with Crippen LogP contribution in [0.3, 0.4) is 0 Å². The molecule has 1 aromatic heterocycles. The SMILES string of the molecule is CC(CO)Nc1ccc2cnccc2c1N. The molecule has 0 fully saturated rings. The Morgan fingerprint density at radius 3 is 3.00 bits per heavy atom. The number of aromatic nitrogens is 1. The molecule has 1 aromatic carbocycles. The van der Waals surface area contributed by atoms with Crippen molar-refractivity contribution in [3.05, 3.63) is 30.6 Å². The van der Waals surface area contributed by atoms with E-state index in [4.69, 9.17) is 10.8 Å². The first kappa shape index (κ1) is 10.7. The molecule has 4 heteroatoms. The fourth-order valence-electron chi connectivity index (χ4n) is 1.63. The molecule has 0 bridgehead atoms. The first-order chi connectivity index (χ1) is 7.72. The standard InChI is InChI=1S/C12H15N3O/c1-8(7-16)15-11-3-2-9-6-14-5-4-10(9)12(11)13/h2-6,8,15-16H,7,13H2,1H3. The number of aliphatic hydroxyl groups is 1. The minimum absolute atomic E-state index is 0.0124. The van der Waals surface area contributed by atoms with Gasteiger partial charge in [0.05, 0.1) is 18.0 Å². The second-order valence-corrected chi connectivity index (χ2v) is 3.85. The summed E-state index contributed by atoms with van der Waals surface area (Å²) in [5.41, 5.74) is 7.59. The molecule has 4 nitrogen and oxygen atoms in total. The maximum atomic E-state index is 8.99. The second kappa shape index (κ2) is 4.37. The smallest absolute Gasteiger partial charge is 0.0630 e. The van der Waals surface area contributed by atoms with E-state index < -0.39 is 0 Å². The van der Waals surface area contributed by atoms with E-state index in [1.54, 1.807) is 12.4 Å². The summed E-state index contributed by atoms with van der Waals surface area (Å²) in [5.74, 6) is 0. The van der Waals surface area contributed by atoms with Gasteiger partial charge in [0.1, 0.15) is 0 Å². The van der Waals surface area contributed by atoms with E-state index in [2.05, 4.69) is 10.3 Å². The van der Waals surface area contributed by atoms with Crippen molar-refractivity contribution in [3.8, 4) is 0 Å². The number of nitrogen functional groups attached to an aromatic ring is 1. The Balaban J connectivity index is 2.44. The van der Waals surface area contributed by atoms with E-state index >= 15 is 0 Å². The molecule has 16 heavy (non-hydrogen) atoms. The van der Waals surface area contributed by atoms with Gasteiger partial charge in [-0.3, -0.25) is 4.98 Å². The highest BCUT2D eigenvalue weighted by atomic mass is 16.3. The summed E-state index contributed by atoms with van der Waals surface area (Å²) in [6, 6.07) is 5.75. The number of fused-ring (bicyclic) bond motifs is 1. The summed E-state index contributed by atoms with van der Waals surface area (Å²) >= 11 is 0. The highest BCUT2D eigenvalue weighted by Gasteiger charge is 2.06. The van der Waals surface area contributed by atoms with Crippen molar-refractivity contribution in [2.75, 3.05) is 17.7 Å². The van der Waals surface area contributed by atoms with E-state index in [0.717, 1.165) is 16.5 Å². The van der Waals surface area contributed by atoms with Crippen LogP contribution in [0.4, 0.5) is 11.4 Å². The third-order valence-corrected chi connectivity index (χ3v) is 2.54. The number of nitrogens with two attached hydrogens (primary N) is 1. The third-order valence-electron chi connectivity index (χ3n) is 2.54. The zero-order valence-electron chi connectivity index (χ0n) is 9.14. The summed E-state index contributed by atoms with van der Waals surface area (Å²) in [4.78, 5) is 4.04. The first-order valence-corrected chi connectivity index (χ1v) is 5.22. The zero-order valence-corrected chi connectivity index (χ0v) is 9.14. The highest BCUT2D eigenvalue weighted by Crippen LogP contribution is 2.28. The Morgan fingerprint density at radius 2 is 2.25 bits per heavy atom. The van der Waals surface area contributed by atoms with Crippen LogP contribution in [0.2, 0.25) is 0 Å². The van der Waals surface area contributed by atoms with Gasteiger partial charge in [0.2, 0.25) is 0 Å². The lowest BCUT2D eigenvalue weighted by atomic mass is 10.1. The third kappa shape index (κ3) is 1.92. The Labute approximate surface area is 94.1 Å². The van der Waals surface area contributed by atoms with E-state index in [9.17, 15) is 0 Å². The van der Waals surface area contributed by atoms with Crippen molar-refractivity contribution in [2.24, 2.45) is 0 Å². The molecule has 1 heterocycles. The molecule has 84 valence electrons. The molecular formula is C12H15N3O. The number of rotatable bonds is 3. The fourth-order valence-corrected chi connectivity index (χ4v) is 1.63. The highest BCUT2D eigenvalue weighted by molar-refractivity contribution is 5.98. The number of hydrogen-bond donors (Lipinski definition) is 3. The van der Waals surface area contributed by atoms with E-state index in [0.29, 0.717) is 5.69 Å². The summed E-state index contributed by atoms with van der Waals surface area (Å²) in [5, 5.41) is 14.1. The maximum absolute atomic E-state index is 8.99. The van der Waals surface area contributed by atoms with Crippen LogP contribution in [-0.4, -0.2) is 22.7 Å². The molecule has 0 aliphatic carbocycles. The number of nitrogens with zero attached hydrogens (tertiary/aromatic N) is 1. The zero-order chi connectivity index (χ0) is 11.5. The lowest BCUT2D eigenvalue weighted by Crippen LogP contribution is -2.20. The fraction of sp³-hybridized carbons (Fsp3) is 0.250. The number of aliphatic hydroxyl groups excluding tert-OH is 1. The largest absolute Gasteiger partial charge is 0.397 e. The maximum Gasteiger partial charge on any atom is 0.0630 e. The molecule has 0 saturated heterocycles. The van der Waals surface area contributed by atoms with Gasteiger partial charge in [-0.2, -0.15) is 0 Å². The normalized spacial score (nSPS) is 12.6. The Kier molecular flexibility index (Phi) is 2.92. The van der Waals surface area contributed by atoms with E-state index in [1.165, 1.54) is 0 Å². The number of benzene rings is 1. The topological polar surface area (TPSA) is 71.2 Å². The summed E-state index contributed by atoms with van der Waals surface area (Å²) in [6.07, 6.45) is 3.50. The lowest BCUT2D eigenvalue weighted by Gasteiger charge is -2.15. The van der Waals surface area contributed by atoms with Gasteiger partial charge < -0.3 is 16.2 Å². The Morgan fingerprint density at radius 1 is 1.44 bits per heavy atom. The molecule has 4 N–H and O–H groups in total. The molecule has 0 radical (unpaired) electrons. The van der Waals surface area contributed by atoms with Crippen molar-refractivity contribution in [3.63, 3.8) is 0 Å². The van der Waals surface area contributed by atoms with Gasteiger partial charge in [-0.25, -0.2) is 0 Å². The molecule has 0 amide bonds. The van der Waals surface area contributed by atoms with Crippen LogP contribution in [0, 0.1) is 0 Å². The van der Waals surface area contributed by atoms with Gasteiger partial charge in [0, 0.05) is 29.2 Å². The number of anilines is 2. The van der Waals surface area contributed by atoms with Crippen LogP contribution in [0.5, 0.6) is 0 Å². The second-order valence-electron chi connectivity index (χ2n) is 3.85. The summed E-state index contributed by atoms with van der Waals surface area (Å²) in [7, 11) is 0. The quantitative estimate of drug-likeness (QED) is 0.683. The van der Waals surface area contributed by atoms with Crippen LogP contribution in [-0.2, 0) is 0 Å². The van der Waals surface area contributed by atoms with Crippen molar-refractivity contribution >= 4 is 22.1 Å². The van der Waals surface area contributed by atoms with Crippen LogP contribution in [0.25, 0.3) is 10.8 Å². The average molecular weight is 217 g/mol. The van der Waals surface area contributed by atoms with Crippen molar-refractivity contribution < 1.29 is 5.11 Å². The lowest BCUT2D eigenvalue weighted by molar-refractivity contribution is 0.281. The van der Waals surface area contributed by atoms with Crippen molar-refractivity contribution in [1.29, 1.82) is 0 Å². The monoisotopic (exact) mass is 217 g/mol. The van der Waals surface area contributed by atoms with Crippen molar-refractivity contribution in [2.45, 2.75) is 13.0 Å². The summed E-state index contributed by atoms with van der Waals surface area (Å²) in [6.45, 7) is 1.98. The average Bonchev–Trinajstić information content (AvgIpc) is 2.33. The number of hydrogen-bond acceptors (Lipinski definition) is 4. The minimum Gasteiger partial charge on any atom is -0.397 e. The van der Waals surface area contributed by atoms with E-state index in [-0.39, 0.29) is 12.6 Å². The predicted octanol–water partition coefficient (Wildman–Crippen LogP) is 1.61. The van der Waals surface area contributed by atoms with Crippen molar-refractivity contribution in [1.82, 2.24) is 4.98 Å². The number of nitrogens with one attached hydrogen (secondary N) is 1. The Bertz CT molecular complexity index is 499. The molecule has 2 rings (SSSR count). The van der Waals surface area contributed by atoms with E-state index in [1.807, 2.05) is 25.1 Å². The summed E-state index contributed by atoms with van der Waals surface area (Å²) < 4.78 is 0. The molecule has 0 spiro atoms. The Hall–Kier alpha value is -1.81. The molecule has 1 atom stereocenters. The first-order valence-electron chi connectivity index (χ1n) is 5.22. The van der Waals surface area contributed by atoms with Crippen LogP contribution in [0.15, 0.2) is 30.6 Å². The molecular weight excluding hydrogens is 202 g/mol. The van der Waals surface area contributed by atoms with Crippen LogP contribution < -0.4 is 11.1 Å². The predicted molar refractivity (Wildman–Crippen MR) is 66.3 cm³/mol. The van der Waals surface area contributed by atoms with Gasteiger partial charge in [-0.05, 0) is 19.1 Å². The van der Waals surface area contributed by atoms with Gasteiger partial charge in [0.25, 0.3) is 0 Å². The molecule has 2 aromatic rings. The molecule has 0 aliphatic heterocycles. The van der Waals surface area contributed by atoms with Gasteiger partial charge in [0.15, 0.2) is 0 Å². The number of pyridine rings is 1. The molecule has 1 unspecified atom stereocenters. The molecule has 0 aliphatic rings. The minimum atomic E-state index is -0.0124. The van der Waals surface area contributed by atoms with Gasteiger partial charge >= 0.3 is 0 Å². The van der Waals surface area contributed by atoms with Crippen LogP contribution >= 0.6 is 0 Å². The van der Waals surface area contributed by atoms with Gasteiger partial charge in [-0.15, -0.1) is 0 Å².